The van der Waals surface area contributed by atoms with Crippen LogP contribution in [0.5, 0.6) is 0 Å². The maximum Gasteiger partial charge on any atom is 0.0853 e. The van der Waals surface area contributed by atoms with E-state index in [0.29, 0.717) is 0 Å². The maximum absolute atomic E-state index is 9.24. The van der Waals surface area contributed by atoms with Gasteiger partial charge in [-0.05, 0) is 29.7 Å². The van der Waals surface area contributed by atoms with Gasteiger partial charge in [-0.25, -0.2) is 0 Å². The first-order valence-corrected chi connectivity index (χ1v) is 7.94. The first-order valence-electron chi connectivity index (χ1n) is 6.44. The Morgan fingerprint density at radius 1 is 1.10 bits per heavy atom. The topological polar surface area (TPSA) is 33.1 Å². The number of aromatic nitrogens is 1. The van der Waals surface area contributed by atoms with E-state index in [-0.39, 0.29) is 33.1 Å². The standard InChI is InChI=1S/C16H20NOP.Pt/c1-16(2,13-8-4-5-9-14(13)19-3)15-10-6-7-12(11-18)17-15;/h4-10,18-19H,11H2,1-3H3;. The Morgan fingerprint density at radius 2 is 1.80 bits per heavy atom. The molecule has 0 aliphatic carbocycles. The van der Waals surface area contributed by atoms with Crippen molar-refractivity contribution in [1.82, 2.24) is 4.98 Å². The van der Waals surface area contributed by atoms with Crippen LogP contribution in [0.15, 0.2) is 42.5 Å². The number of hydrogen-bond acceptors (Lipinski definition) is 2. The number of benzene rings is 1. The minimum atomic E-state index is -0.148. The van der Waals surface area contributed by atoms with Crippen molar-refractivity contribution in [3.05, 3.63) is 59.4 Å². The summed E-state index contributed by atoms with van der Waals surface area (Å²) in [5.74, 6) is 0. The van der Waals surface area contributed by atoms with Crippen LogP contribution in [0.3, 0.4) is 0 Å². The Morgan fingerprint density at radius 3 is 2.45 bits per heavy atom. The van der Waals surface area contributed by atoms with Crippen LogP contribution in [0.4, 0.5) is 0 Å². The van der Waals surface area contributed by atoms with E-state index < -0.39 is 0 Å². The molecule has 0 fully saturated rings. The number of aliphatic hydroxyl groups excluding tert-OH is 1. The second-order valence-electron chi connectivity index (χ2n) is 5.09. The van der Waals surface area contributed by atoms with Gasteiger partial charge in [0, 0.05) is 26.5 Å². The molecule has 1 aromatic carbocycles. The molecular formula is C16H20NOPPt. The molecule has 4 heteroatoms. The number of hydrogen-bond donors (Lipinski definition) is 1. The first kappa shape index (κ1) is 17.5. The van der Waals surface area contributed by atoms with E-state index in [1.165, 1.54) is 10.9 Å². The summed E-state index contributed by atoms with van der Waals surface area (Å²) in [6.07, 6.45) is 0. The molecule has 1 unspecified atom stereocenters. The third-order valence-electron chi connectivity index (χ3n) is 3.48. The zero-order valence-corrected chi connectivity index (χ0v) is 15.2. The van der Waals surface area contributed by atoms with Gasteiger partial charge in [0.1, 0.15) is 0 Å². The summed E-state index contributed by atoms with van der Waals surface area (Å²) in [4.78, 5) is 4.57. The van der Waals surface area contributed by atoms with Gasteiger partial charge in [0.15, 0.2) is 0 Å². The average molecular weight is 468 g/mol. The molecule has 110 valence electrons. The van der Waals surface area contributed by atoms with Crippen molar-refractivity contribution in [1.29, 1.82) is 0 Å². The molecule has 1 atom stereocenters. The van der Waals surface area contributed by atoms with Crippen molar-refractivity contribution in [2.24, 2.45) is 0 Å². The minimum Gasteiger partial charge on any atom is -0.390 e. The Kier molecular flexibility index (Phi) is 6.52. The predicted octanol–water partition coefficient (Wildman–Crippen LogP) is 2.83. The summed E-state index contributed by atoms with van der Waals surface area (Å²) >= 11 is 0. The zero-order chi connectivity index (χ0) is 13.9. The quantitative estimate of drug-likeness (QED) is 0.701. The predicted molar refractivity (Wildman–Crippen MR) is 82.6 cm³/mol. The third-order valence-corrected chi connectivity index (χ3v) is 4.45. The van der Waals surface area contributed by atoms with Crippen molar-refractivity contribution < 1.29 is 26.2 Å². The van der Waals surface area contributed by atoms with E-state index in [9.17, 15) is 5.11 Å². The number of rotatable bonds is 4. The minimum absolute atomic E-state index is 0. The fourth-order valence-electron chi connectivity index (χ4n) is 2.30. The van der Waals surface area contributed by atoms with Crippen molar-refractivity contribution in [2.45, 2.75) is 25.9 Å². The fourth-order valence-corrected chi connectivity index (χ4v) is 3.23. The Labute approximate surface area is 137 Å². The number of nitrogens with zero attached hydrogens (tertiary/aromatic N) is 1. The SMILES string of the molecule is CPc1ccccc1C(C)(C)c1cccc(CO)n1.[Pt]. The summed E-state index contributed by atoms with van der Waals surface area (Å²) in [6, 6.07) is 14.4. The molecule has 0 spiro atoms. The normalized spacial score (nSPS) is 11.6. The molecule has 2 nitrogen and oxygen atoms in total. The van der Waals surface area contributed by atoms with E-state index >= 15 is 0 Å². The maximum atomic E-state index is 9.24. The number of aliphatic hydroxyl groups is 1. The van der Waals surface area contributed by atoms with Crippen molar-refractivity contribution in [2.75, 3.05) is 6.66 Å². The van der Waals surface area contributed by atoms with Crippen LogP contribution in [0, 0.1) is 0 Å². The molecule has 1 N–H and O–H groups in total. The van der Waals surface area contributed by atoms with Gasteiger partial charge in [0.25, 0.3) is 0 Å². The smallest absolute Gasteiger partial charge is 0.0853 e. The first-order chi connectivity index (χ1) is 9.09. The van der Waals surface area contributed by atoms with Crippen molar-refractivity contribution >= 4 is 13.9 Å². The van der Waals surface area contributed by atoms with Gasteiger partial charge < -0.3 is 5.11 Å². The van der Waals surface area contributed by atoms with Crippen LogP contribution in [-0.4, -0.2) is 16.8 Å². The summed E-state index contributed by atoms with van der Waals surface area (Å²) in [7, 11) is 0.768. The van der Waals surface area contributed by atoms with E-state index in [0.717, 1.165) is 20.0 Å². The van der Waals surface area contributed by atoms with Gasteiger partial charge >= 0.3 is 0 Å². The summed E-state index contributed by atoms with van der Waals surface area (Å²) in [5, 5.41) is 10.6. The second kappa shape index (κ2) is 7.45. The molecule has 2 rings (SSSR count). The second-order valence-corrected chi connectivity index (χ2v) is 6.13. The Hall–Kier alpha value is -0.552. The monoisotopic (exact) mass is 468 g/mol. The largest absolute Gasteiger partial charge is 0.390 e. The third kappa shape index (κ3) is 3.55. The summed E-state index contributed by atoms with van der Waals surface area (Å²) in [5.41, 5.74) is 2.90. The van der Waals surface area contributed by atoms with Gasteiger partial charge in [-0.15, -0.1) is 0 Å². The molecule has 0 aliphatic heterocycles. The van der Waals surface area contributed by atoms with E-state index in [1.54, 1.807) is 0 Å². The Balaban J connectivity index is 0.00000200. The molecule has 1 aromatic heterocycles. The molecule has 0 bridgehead atoms. The van der Waals surface area contributed by atoms with Crippen LogP contribution in [0.1, 0.15) is 30.8 Å². The van der Waals surface area contributed by atoms with Gasteiger partial charge in [0.05, 0.1) is 18.0 Å². The molecule has 0 aliphatic rings. The molecule has 2 aromatic rings. The van der Waals surface area contributed by atoms with E-state index in [4.69, 9.17) is 0 Å². The van der Waals surface area contributed by atoms with Crippen LogP contribution in [0.25, 0.3) is 0 Å². The number of pyridine rings is 1. The molecule has 0 radical (unpaired) electrons. The van der Waals surface area contributed by atoms with E-state index in [1.807, 2.05) is 18.2 Å². The molecule has 1 heterocycles. The van der Waals surface area contributed by atoms with Crippen molar-refractivity contribution in [3.8, 4) is 0 Å². The van der Waals surface area contributed by atoms with Crippen LogP contribution < -0.4 is 5.30 Å². The zero-order valence-electron chi connectivity index (χ0n) is 12.0. The van der Waals surface area contributed by atoms with Crippen LogP contribution >= 0.6 is 8.58 Å². The Bertz CT molecular complexity index is 572. The van der Waals surface area contributed by atoms with Gasteiger partial charge in [-0.3, -0.25) is 4.98 Å². The van der Waals surface area contributed by atoms with Crippen LogP contribution in [0.2, 0.25) is 0 Å². The average Bonchev–Trinajstić information content (AvgIpc) is 2.47. The summed E-state index contributed by atoms with van der Waals surface area (Å²) < 4.78 is 0. The molecular weight excluding hydrogens is 448 g/mol. The molecule has 0 saturated heterocycles. The van der Waals surface area contributed by atoms with Gasteiger partial charge in [-0.2, -0.15) is 0 Å². The van der Waals surface area contributed by atoms with Gasteiger partial charge in [-0.1, -0.05) is 52.8 Å². The van der Waals surface area contributed by atoms with Crippen LogP contribution in [-0.2, 0) is 33.1 Å². The molecule has 0 saturated carbocycles. The summed E-state index contributed by atoms with van der Waals surface area (Å²) in [6.45, 7) is 6.57. The van der Waals surface area contributed by atoms with Gasteiger partial charge in [0.2, 0.25) is 0 Å². The fraction of sp³-hybridized carbons (Fsp3) is 0.312. The molecule has 0 amide bonds. The molecule has 20 heavy (non-hydrogen) atoms. The van der Waals surface area contributed by atoms with Crippen molar-refractivity contribution in [3.63, 3.8) is 0 Å². The van der Waals surface area contributed by atoms with E-state index in [2.05, 4.69) is 49.8 Å².